The number of benzene rings is 1. The quantitative estimate of drug-likeness (QED) is 0.785. The van der Waals surface area contributed by atoms with Gasteiger partial charge in [-0.3, -0.25) is 0 Å². The molecule has 4 heteroatoms. The molecule has 0 aliphatic carbocycles. The van der Waals surface area contributed by atoms with Crippen LogP contribution in [-0.2, 0) is 6.42 Å². The van der Waals surface area contributed by atoms with Gasteiger partial charge in [-0.05, 0) is 26.0 Å². The summed E-state index contributed by atoms with van der Waals surface area (Å²) in [4.78, 5) is 11.1. The van der Waals surface area contributed by atoms with Gasteiger partial charge in [0, 0.05) is 24.2 Å². The topological polar surface area (TPSA) is 29.0 Å². The van der Waals surface area contributed by atoms with Gasteiger partial charge in [0.15, 0.2) is 0 Å². The molecule has 0 N–H and O–H groups in total. The Morgan fingerprint density at radius 2 is 1.79 bits per heavy atom. The predicted molar refractivity (Wildman–Crippen MR) is 80.3 cm³/mol. The van der Waals surface area contributed by atoms with Crippen molar-refractivity contribution in [2.24, 2.45) is 0 Å². The third-order valence-electron chi connectivity index (χ3n) is 3.06. The number of anilines is 2. The molecule has 1 aromatic heterocycles. The first kappa shape index (κ1) is 13.8. The van der Waals surface area contributed by atoms with Crippen molar-refractivity contribution in [2.75, 3.05) is 11.4 Å². The number of hydrogen-bond donors (Lipinski definition) is 0. The van der Waals surface area contributed by atoms with Gasteiger partial charge in [-0.2, -0.15) is 0 Å². The molecule has 0 radical (unpaired) electrons. The fraction of sp³-hybridized carbons (Fsp3) is 0.333. The SMILES string of the molecule is CCc1nc(Cl)c(C)c(N(CC)c2ccccc2)n1. The van der Waals surface area contributed by atoms with Crippen molar-refractivity contribution in [3.05, 3.63) is 46.9 Å². The molecular weight excluding hydrogens is 258 g/mol. The lowest BCUT2D eigenvalue weighted by Crippen LogP contribution is -2.19. The lowest BCUT2D eigenvalue weighted by Gasteiger charge is -2.24. The molecule has 0 aliphatic rings. The van der Waals surface area contributed by atoms with Gasteiger partial charge in [0.1, 0.15) is 16.8 Å². The van der Waals surface area contributed by atoms with Crippen LogP contribution in [-0.4, -0.2) is 16.5 Å². The molecule has 2 aromatic rings. The molecule has 0 saturated carbocycles. The van der Waals surface area contributed by atoms with Crippen molar-refractivity contribution in [3.63, 3.8) is 0 Å². The summed E-state index contributed by atoms with van der Waals surface area (Å²) in [5.74, 6) is 1.67. The van der Waals surface area contributed by atoms with E-state index in [1.807, 2.05) is 32.0 Å². The standard InChI is InChI=1S/C15H18ClN3/c1-4-13-17-14(16)11(3)15(18-13)19(5-2)12-9-7-6-8-10-12/h6-10H,4-5H2,1-3H3. The Bertz CT molecular complexity index is 555. The molecule has 0 fully saturated rings. The van der Waals surface area contributed by atoms with Gasteiger partial charge < -0.3 is 4.90 Å². The minimum atomic E-state index is 0.538. The monoisotopic (exact) mass is 275 g/mol. The fourth-order valence-electron chi connectivity index (χ4n) is 2.00. The molecule has 0 bridgehead atoms. The smallest absolute Gasteiger partial charge is 0.141 e. The van der Waals surface area contributed by atoms with Crippen LogP contribution in [0.25, 0.3) is 0 Å². The van der Waals surface area contributed by atoms with Crippen molar-refractivity contribution in [1.82, 2.24) is 9.97 Å². The normalized spacial score (nSPS) is 10.5. The summed E-state index contributed by atoms with van der Waals surface area (Å²) in [5, 5.41) is 0.538. The van der Waals surface area contributed by atoms with Crippen molar-refractivity contribution in [2.45, 2.75) is 27.2 Å². The van der Waals surface area contributed by atoms with Gasteiger partial charge in [0.05, 0.1) is 0 Å². The van der Waals surface area contributed by atoms with Gasteiger partial charge in [-0.25, -0.2) is 9.97 Å². The zero-order valence-electron chi connectivity index (χ0n) is 11.5. The second kappa shape index (κ2) is 6.02. The molecule has 0 spiro atoms. The van der Waals surface area contributed by atoms with Crippen LogP contribution in [0, 0.1) is 6.92 Å². The number of para-hydroxylation sites is 1. The average Bonchev–Trinajstić information content (AvgIpc) is 2.45. The molecule has 2 rings (SSSR count). The van der Waals surface area contributed by atoms with Gasteiger partial charge >= 0.3 is 0 Å². The Hall–Kier alpha value is -1.61. The van der Waals surface area contributed by atoms with E-state index < -0.39 is 0 Å². The maximum absolute atomic E-state index is 6.21. The summed E-state index contributed by atoms with van der Waals surface area (Å²) in [6.07, 6.45) is 0.777. The fourth-order valence-corrected chi connectivity index (χ4v) is 2.19. The van der Waals surface area contributed by atoms with Crippen LogP contribution >= 0.6 is 11.6 Å². The molecular formula is C15H18ClN3. The van der Waals surface area contributed by atoms with E-state index in [-0.39, 0.29) is 0 Å². The molecule has 0 aliphatic heterocycles. The second-order valence-corrected chi connectivity index (χ2v) is 4.67. The van der Waals surface area contributed by atoms with E-state index in [2.05, 4.69) is 33.9 Å². The summed E-state index contributed by atoms with van der Waals surface area (Å²) < 4.78 is 0. The van der Waals surface area contributed by atoms with Crippen molar-refractivity contribution < 1.29 is 0 Å². The predicted octanol–water partition coefficient (Wildman–Crippen LogP) is 4.16. The highest BCUT2D eigenvalue weighted by molar-refractivity contribution is 6.30. The van der Waals surface area contributed by atoms with Crippen LogP contribution in [0.4, 0.5) is 11.5 Å². The van der Waals surface area contributed by atoms with E-state index in [1.54, 1.807) is 0 Å². The van der Waals surface area contributed by atoms with E-state index in [9.17, 15) is 0 Å². The number of rotatable bonds is 4. The first-order valence-corrected chi connectivity index (χ1v) is 6.90. The first-order chi connectivity index (χ1) is 9.17. The summed E-state index contributed by atoms with van der Waals surface area (Å²) in [5.41, 5.74) is 2.04. The molecule has 1 heterocycles. The van der Waals surface area contributed by atoms with E-state index in [0.717, 1.165) is 35.9 Å². The van der Waals surface area contributed by atoms with Crippen molar-refractivity contribution in [3.8, 4) is 0 Å². The highest BCUT2D eigenvalue weighted by Gasteiger charge is 2.15. The van der Waals surface area contributed by atoms with E-state index in [0.29, 0.717) is 5.15 Å². The number of halogens is 1. The van der Waals surface area contributed by atoms with Gasteiger partial charge in [0.2, 0.25) is 0 Å². The lowest BCUT2D eigenvalue weighted by atomic mass is 10.2. The third kappa shape index (κ3) is 2.87. The van der Waals surface area contributed by atoms with Crippen LogP contribution in [0.2, 0.25) is 5.15 Å². The molecule has 1 aromatic carbocycles. The van der Waals surface area contributed by atoms with Crippen LogP contribution in [0.1, 0.15) is 25.2 Å². The van der Waals surface area contributed by atoms with Crippen LogP contribution < -0.4 is 4.90 Å². The molecule has 19 heavy (non-hydrogen) atoms. The van der Waals surface area contributed by atoms with Crippen molar-refractivity contribution >= 4 is 23.1 Å². The summed E-state index contributed by atoms with van der Waals surface area (Å²) in [7, 11) is 0. The number of aryl methyl sites for hydroxylation is 1. The van der Waals surface area contributed by atoms with Gasteiger partial charge in [-0.1, -0.05) is 36.7 Å². The highest BCUT2D eigenvalue weighted by atomic mass is 35.5. The molecule has 0 amide bonds. The van der Waals surface area contributed by atoms with E-state index >= 15 is 0 Å². The third-order valence-corrected chi connectivity index (χ3v) is 3.43. The summed E-state index contributed by atoms with van der Waals surface area (Å²) in [6.45, 7) is 6.93. The molecule has 0 saturated heterocycles. The van der Waals surface area contributed by atoms with Gasteiger partial charge in [-0.15, -0.1) is 0 Å². The lowest BCUT2D eigenvalue weighted by molar-refractivity contribution is 0.892. The molecule has 100 valence electrons. The van der Waals surface area contributed by atoms with Crippen molar-refractivity contribution in [1.29, 1.82) is 0 Å². The largest absolute Gasteiger partial charge is 0.326 e. The maximum atomic E-state index is 6.21. The Balaban J connectivity index is 2.52. The Kier molecular flexibility index (Phi) is 4.38. The number of nitrogens with zero attached hydrogens (tertiary/aromatic N) is 3. The minimum Gasteiger partial charge on any atom is -0.326 e. The summed E-state index contributed by atoms with van der Waals surface area (Å²) >= 11 is 6.21. The molecule has 0 atom stereocenters. The maximum Gasteiger partial charge on any atom is 0.141 e. The number of aromatic nitrogens is 2. The second-order valence-electron chi connectivity index (χ2n) is 4.31. The number of hydrogen-bond acceptors (Lipinski definition) is 3. The highest BCUT2D eigenvalue weighted by Crippen LogP contribution is 2.29. The molecule has 3 nitrogen and oxygen atoms in total. The van der Waals surface area contributed by atoms with Crippen LogP contribution in [0.5, 0.6) is 0 Å². The minimum absolute atomic E-state index is 0.538. The van der Waals surface area contributed by atoms with Crippen LogP contribution in [0.3, 0.4) is 0 Å². The van der Waals surface area contributed by atoms with E-state index in [1.165, 1.54) is 0 Å². The van der Waals surface area contributed by atoms with E-state index in [4.69, 9.17) is 11.6 Å². The Morgan fingerprint density at radius 3 is 2.37 bits per heavy atom. The first-order valence-electron chi connectivity index (χ1n) is 6.53. The van der Waals surface area contributed by atoms with Gasteiger partial charge in [0.25, 0.3) is 0 Å². The Labute approximate surface area is 119 Å². The summed E-state index contributed by atoms with van der Waals surface area (Å²) in [6, 6.07) is 10.2. The molecule has 0 unspecified atom stereocenters. The average molecular weight is 276 g/mol. The Morgan fingerprint density at radius 1 is 1.11 bits per heavy atom. The zero-order valence-corrected chi connectivity index (χ0v) is 12.3. The zero-order chi connectivity index (χ0) is 13.8. The van der Waals surface area contributed by atoms with Crippen LogP contribution in [0.15, 0.2) is 30.3 Å².